The predicted octanol–water partition coefficient (Wildman–Crippen LogP) is 1.55. The highest BCUT2D eigenvalue weighted by molar-refractivity contribution is 4.94. The zero-order chi connectivity index (χ0) is 11.8. The van der Waals surface area contributed by atoms with E-state index in [1.807, 2.05) is 6.92 Å². The second kappa shape index (κ2) is 4.63. The van der Waals surface area contributed by atoms with Crippen molar-refractivity contribution in [2.24, 2.45) is 11.8 Å². The number of hydrogen-bond donors (Lipinski definition) is 2. The molecule has 1 heterocycles. The van der Waals surface area contributed by atoms with E-state index in [0.717, 1.165) is 18.9 Å². The van der Waals surface area contributed by atoms with Crippen LogP contribution in [0.1, 0.15) is 40.0 Å². The number of ether oxygens (including phenoxy) is 1. The highest BCUT2D eigenvalue weighted by Gasteiger charge is 2.41. The summed E-state index contributed by atoms with van der Waals surface area (Å²) >= 11 is 0. The number of rotatable bonds is 5. The molecule has 0 aromatic heterocycles. The molecule has 2 aliphatic rings. The molecule has 0 amide bonds. The minimum atomic E-state index is -0.614. The minimum absolute atomic E-state index is 0.279. The first-order valence-electron chi connectivity index (χ1n) is 6.58. The molecular weight excluding hydrogens is 202 g/mol. The highest BCUT2D eigenvalue weighted by atomic mass is 16.5. The smallest absolute Gasteiger partial charge is 0.0766 e. The molecule has 0 aromatic carbocycles. The van der Waals surface area contributed by atoms with Gasteiger partial charge >= 0.3 is 0 Å². The van der Waals surface area contributed by atoms with Gasteiger partial charge in [-0.3, -0.25) is 0 Å². The first kappa shape index (κ1) is 12.3. The van der Waals surface area contributed by atoms with Crippen molar-refractivity contribution < 1.29 is 9.84 Å². The van der Waals surface area contributed by atoms with E-state index in [0.29, 0.717) is 18.7 Å². The lowest BCUT2D eigenvalue weighted by molar-refractivity contribution is 0.00710. The molecule has 16 heavy (non-hydrogen) atoms. The molecule has 0 aromatic rings. The Bertz CT molecular complexity index is 236. The molecule has 3 unspecified atom stereocenters. The van der Waals surface area contributed by atoms with Crippen LogP contribution in [0.3, 0.4) is 0 Å². The fourth-order valence-corrected chi connectivity index (χ4v) is 2.26. The Morgan fingerprint density at radius 3 is 2.62 bits per heavy atom. The van der Waals surface area contributed by atoms with Gasteiger partial charge in [0.25, 0.3) is 0 Å². The summed E-state index contributed by atoms with van der Waals surface area (Å²) in [7, 11) is 0. The lowest BCUT2D eigenvalue weighted by Gasteiger charge is -2.30. The number of aliphatic hydroxyl groups is 1. The van der Waals surface area contributed by atoms with E-state index in [4.69, 9.17) is 4.74 Å². The van der Waals surface area contributed by atoms with E-state index in [1.54, 1.807) is 0 Å². The van der Waals surface area contributed by atoms with E-state index >= 15 is 0 Å². The zero-order valence-electron chi connectivity index (χ0n) is 10.7. The molecule has 1 aliphatic heterocycles. The number of nitrogens with one attached hydrogen (secondary N) is 1. The minimum Gasteiger partial charge on any atom is -0.389 e. The van der Waals surface area contributed by atoms with Gasteiger partial charge in [0.1, 0.15) is 0 Å². The molecule has 3 atom stereocenters. The predicted molar refractivity (Wildman–Crippen MR) is 64.3 cm³/mol. The van der Waals surface area contributed by atoms with Crippen LogP contribution in [0.25, 0.3) is 0 Å². The van der Waals surface area contributed by atoms with Crippen LogP contribution >= 0.6 is 0 Å². The summed E-state index contributed by atoms with van der Waals surface area (Å²) in [5.74, 6) is 1.06. The molecular formula is C13H25NO2. The van der Waals surface area contributed by atoms with Crippen molar-refractivity contribution in [2.45, 2.75) is 57.8 Å². The van der Waals surface area contributed by atoms with Gasteiger partial charge in [0.15, 0.2) is 0 Å². The Morgan fingerprint density at radius 1 is 1.38 bits per heavy atom. The van der Waals surface area contributed by atoms with Crippen LogP contribution in [0.4, 0.5) is 0 Å². The standard InChI is InChI=1S/C13H25NO2/c1-9(2)13(3,15)8-14-11-6-7-16-12(11)10-4-5-10/h9-12,14-15H,4-8H2,1-3H3. The highest BCUT2D eigenvalue weighted by Crippen LogP contribution is 2.38. The van der Waals surface area contributed by atoms with Crippen LogP contribution < -0.4 is 5.32 Å². The van der Waals surface area contributed by atoms with Crippen LogP contribution in [0.15, 0.2) is 0 Å². The summed E-state index contributed by atoms with van der Waals surface area (Å²) in [5.41, 5.74) is -0.614. The summed E-state index contributed by atoms with van der Waals surface area (Å²) in [6.07, 6.45) is 4.14. The Labute approximate surface area is 98.6 Å². The van der Waals surface area contributed by atoms with E-state index in [2.05, 4.69) is 19.2 Å². The van der Waals surface area contributed by atoms with Gasteiger partial charge in [-0.25, -0.2) is 0 Å². The number of hydrogen-bond acceptors (Lipinski definition) is 3. The van der Waals surface area contributed by atoms with Gasteiger partial charge in [-0.15, -0.1) is 0 Å². The van der Waals surface area contributed by atoms with Crippen molar-refractivity contribution in [1.82, 2.24) is 5.32 Å². The summed E-state index contributed by atoms with van der Waals surface area (Å²) < 4.78 is 5.77. The molecule has 0 bridgehead atoms. The second-order valence-electron chi connectivity index (χ2n) is 5.96. The topological polar surface area (TPSA) is 41.5 Å². The first-order chi connectivity index (χ1) is 7.50. The largest absolute Gasteiger partial charge is 0.389 e. The maximum atomic E-state index is 10.2. The van der Waals surface area contributed by atoms with Crippen LogP contribution in [0.5, 0.6) is 0 Å². The van der Waals surface area contributed by atoms with Crippen molar-refractivity contribution in [3.05, 3.63) is 0 Å². The molecule has 1 saturated carbocycles. The summed E-state index contributed by atoms with van der Waals surface area (Å²) in [4.78, 5) is 0. The van der Waals surface area contributed by atoms with Crippen LogP contribution in [-0.4, -0.2) is 36.0 Å². The third kappa shape index (κ3) is 2.76. The fraction of sp³-hybridized carbons (Fsp3) is 1.00. The van der Waals surface area contributed by atoms with Gasteiger partial charge in [-0.2, -0.15) is 0 Å². The van der Waals surface area contributed by atoms with Gasteiger partial charge in [-0.1, -0.05) is 13.8 Å². The summed E-state index contributed by atoms with van der Waals surface area (Å²) in [6.45, 7) is 7.58. The monoisotopic (exact) mass is 227 g/mol. The van der Waals surface area contributed by atoms with E-state index in [9.17, 15) is 5.11 Å². The van der Waals surface area contributed by atoms with Gasteiger partial charge in [0.05, 0.1) is 11.7 Å². The molecule has 1 saturated heterocycles. The summed E-state index contributed by atoms with van der Waals surface area (Å²) in [5, 5.41) is 13.7. The Kier molecular flexibility index (Phi) is 3.57. The first-order valence-corrected chi connectivity index (χ1v) is 6.58. The quantitative estimate of drug-likeness (QED) is 0.749. The zero-order valence-corrected chi connectivity index (χ0v) is 10.7. The average molecular weight is 227 g/mol. The van der Waals surface area contributed by atoms with Gasteiger partial charge in [-0.05, 0) is 38.0 Å². The summed E-state index contributed by atoms with van der Waals surface area (Å²) in [6, 6.07) is 0.456. The van der Waals surface area contributed by atoms with Crippen molar-refractivity contribution in [1.29, 1.82) is 0 Å². The molecule has 3 nitrogen and oxygen atoms in total. The van der Waals surface area contributed by atoms with Gasteiger partial charge in [0.2, 0.25) is 0 Å². The lowest BCUT2D eigenvalue weighted by atomic mass is 9.92. The van der Waals surface area contributed by atoms with Gasteiger partial charge in [0, 0.05) is 19.2 Å². The van der Waals surface area contributed by atoms with Crippen LogP contribution in [-0.2, 0) is 4.74 Å². The third-order valence-corrected chi connectivity index (χ3v) is 4.19. The Hall–Kier alpha value is -0.120. The Morgan fingerprint density at radius 2 is 2.06 bits per heavy atom. The van der Waals surface area contributed by atoms with Gasteiger partial charge < -0.3 is 15.2 Å². The molecule has 0 radical (unpaired) electrons. The second-order valence-corrected chi connectivity index (χ2v) is 5.96. The average Bonchev–Trinajstić information content (AvgIpc) is 2.95. The molecule has 2 fully saturated rings. The molecule has 3 heteroatoms. The SMILES string of the molecule is CC(C)C(C)(O)CNC1CCOC1C1CC1. The van der Waals surface area contributed by atoms with E-state index in [1.165, 1.54) is 12.8 Å². The Balaban J connectivity index is 1.80. The van der Waals surface area contributed by atoms with Crippen LogP contribution in [0, 0.1) is 11.8 Å². The van der Waals surface area contributed by atoms with Crippen molar-refractivity contribution in [2.75, 3.05) is 13.2 Å². The fourth-order valence-electron chi connectivity index (χ4n) is 2.26. The maximum Gasteiger partial charge on any atom is 0.0766 e. The van der Waals surface area contributed by atoms with Crippen molar-refractivity contribution in [3.63, 3.8) is 0 Å². The maximum absolute atomic E-state index is 10.2. The molecule has 2 rings (SSSR count). The third-order valence-electron chi connectivity index (χ3n) is 4.19. The van der Waals surface area contributed by atoms with Crippen molar-refractivity contribution in [3.8, 4) is 0 Å². The molecule has 0 spiro atoms. The lowest BCUT2D eigenvalue weighted by Crippen LogP contribution is -2.48. The molecule has 94 valence electrons. The normalized spacial score (nSPS) is 34.3. The van der Waals surface area contributed by atoms with Crippen LogP contribution in [0.2, 0.25) is 0 Å². The molecule has 2 N–H and O–H groups in total. The van der Waals surface area contributed by atoms with E-state index in [-0.39, 0.29) is 5.92 Å². The van der Waals surface area contributed by atoms with E-state index < -0.39 is 5.60 Å². The molecule has 1 aliphatic carbocycles. The van der Waals surface area contributed by atoms with Crippen molar-refractivity contribution >= 4 is 0 Å².